The number of rotatable bonds is 4. The summed E-state index contributed by atoms with van der Waals surface area (Å²) in [6, 6.07) is 0. The van der Waals surface area contributed by atoms with Crippen LogP contribution in [0.25, 0.3) is 0 Å². The van der Waals surface area contributed by atoms with Crippen LogP contribution in [-0.2, 0) is 8.54 Å². The molecule has 0 atom stereocenters. The third kappa shape index (κ3) is 2.62. The maximum absolute atomic E-state index is 6.58. The number of hydrogen-bond acceptors (Lipinski definition) is 2. The van der Waals surface area contributed by atoms with Crippen molar-refractivity contribution in [1.82, 2.24) is 0 Å². The van der Waals surface area contributed by atoms with Crippen molar-refractivity contribution in [2.24, 2.45) is 23.7 Å². The molecule has 0 amide bonds. The third-order valence-electron chi connectivity index (χ3n) is 5.08. The molecule has 4 saturated carbocycles. The van der Waals surface area contributed by atoms with E-state index in [0.717, 1.165) is 23.7 Å². The average molecular weight is 285 g/mol. The van der Waals surface area contributed by atoms with E-state index in [1.54, 1.807) is 0 Å². The monoisotopic (exact) mass is 284 g/mol. The van der Waals surface area contributed by atoms with Gasteiger partial charge in [0.1, 0.15) is 0 Å². The van der Waals surface area contributed by atoms with Crippen LogP contribution in [0.15, 0.2) is 0 Å². The lowest BCUT2D eigenvalue weighted by Gasteiger charge is -2.55. The minimum absolute atomic E-state index is 0.548. The zero-order chi connectivity index (χ0) is 12.9. The molecule has 0 spiro atoms. The quantitative estimate of drug-likeness (QED) is 0.735. The Balaban J connectivity index is 1.66. The van der Waals surface area contributed by atoms with Crippen molar-refractivity contribution in [2.45, 2.75) is 64.4 Å². The van der Waals surface area contributed by atoms with Crippen LogP contribution in [0, 0.1) is 23.7 Å². The number of hydrogen-bond donors (Lipinski definition) is 0. The highest BCUT2D eigenvalue weighted by Crippen LogP contribution is 2.55. The van der Waals surface area contributed by atoms with Crippen LogP contribution in [-0.4, -0.2) is 23.7 Å². The second-order valence-electron chi connectivity index (χ2n) is 7.58. The van der Waals surface area contributed by atoms with Crippen molar-refractivity contribution in [1.29, 1.82) is 0 Å². The molecule has 4 heteroatoms. The molecule has 4 aliphatic carbocycles. The van der Waals surface area contributed by atoms with Crippen LogP contribution < -0.4 is 0 Å². The Kier molecular flexibility index (Phi) is 3.50. The van der Waals surface area contributed by atoms with Gasteiger partial charge in [0, 0.05) is 0 Å². The summed E-state index contributed by atoms with van der Waals surface area (Å²) < 4.78 is 12.8. The standard InChI is InChI=1S/C14H28O2Si2/c1-17(2)16-18(3,4)15-14-12-6-10-5-11(8-12)9-13(14)7-10/h10-14,17H,5-9H2,1-4H3. The highest BCUT2D eigenvalue weighted by molar-refractivity contribution is 6.72. The van der Waals surface area contributed by atoms with E-state index in [1.807, 2.05) is 0 Å². The molecule has 4 bridgehead atoms. The first kappa shape index (κ1) is 13.3. The summed E-state index contributed by atoms with van der Waals surface area (Å²) in [6.45, 7) is 9.03. The smallest absolute Gasteiger partial charge is 0.321 e. The molecule has 4 aliphatic rings. The first-order valence-electron chi connectivity index (χ1n) is 7.78. The van der Waals surface area contributed by atoms with Crippen LogP contribution in [0.2, 0.25) is 26.2 Å². The normalized spacial score (nSPS) is 42.8. The van der Waals surface area contributed by atoms with Crippen molar-refractivity contribution >= 4 is 17.6 Å². The maximum Gasteiger partial charge on any atom is 0.321 e. The van der Waals surface area contributed by atoms with Crippen LogP contribution >= 0.6 is 0 Å². The van der Waals surface area contributed by atoms with Gasteiger partial charge in [-0.05, 0) is 82.0 Å². The van der Waals surface area contributed by atoms with E-state index in [9.17, 15) is 0 Å². The Morgan fingerprint density at radius 3 is 1.83 bits per heavy atom. The van der Waals surface area contributed by atoms with Crippen molar-refractivity contribution in [2.75, 3.05) is 0 Å². The van der Waals surface area contributed by atoms with Gasteiger partial charge in [-0.1, -0.05) is 0 Å². The molecule has 2 nitrogen and oxygen atoms in total. The van der Waals surface area contributed by atoms with Gasteiger partial charge >= 0.3 is 8.56 Å². The van der Waals surface area contributed by atoms with Gasteiger partial charge in [0.2, 0.25) is 0 Å². The topological polar surface area (TPSA) is 18.5 Å². The fraction of sp³-hybridized carbons (Fsp3) is 1.00. The molecule has 0 saturated heterocycles. The zero-order valence-corrected chi connectivity index (χ0v) is 14.5. The fourth-order valence-corrected chi connectivity index (χ4v) is 10.8. The highest BCUT2D eigenvalue weighted by atomic mass is 28.4. The predicted octanol–water partition coefficient (Wildman–Crippen LogP) is 3.53. The van der Waals surface area contributed by atoms with E-state index in [1.165, 1.54) is 32.1 Å². The van der Waals surface area contributed by atoms with Crippen LogP contribution in [0.4, 0.5) is 0 Å². The molecule has 0 aromatic carbocycles. The van der Waals surface area contributed by atoms with E-state index in [2.05, 4.69) is 26.2 Å². The Labute approximate surface area is 114 Å². The molecule has 4 rings (SSSR count). The lowest BCUT2D eigenvalue weighted by Crippen LogP contribution is -2.54. The van der Waals surface area contributed by atoms with Gasteiger partial charge in [-0.25, -0.2) is 0 Å². The van der Waals surface area contributed by atoms with E-state index < -0.39 is 17.6 Å². The second kappa shape index (κ2) is 4.72. The van der Waals surface area contributed by atoms with Gasteiger partial charge in [0.15, 0.2) is 9.04 Å². The molecule has 18 heavy (non-hydrogen) atoms. The molecule has 0 radical (unpaired) electrons. The molecule has 0 heterocycles. The van der Waals surface area contributed by atoms with Gasteiger partial charge in [0.25, 0.3) is 0 Å². The SMILES string of the molecule is C[SiH](C)O[Si](C)(C)OC1C2CC3CC(C2)CC1C3. The molecule has 4 fully saturated rings. The van der Waals surface area contributed by atoms with Crippen LogP contribution in [0.3, 0.4) is 0 Å². The molecule has 0 N–H and O–H groups in total. The van der Waals surface area contributed by atoms with Gasteiger partial charge < -0.3 is 8.54 Å². The van der Waals surface area contributed by atoms with E-state index in [-0.39, 0.29) is 0 Å². The Bertz CT molecular complexity index is 289. The molecule has 0 aromatic heterocycles. The van der Waals surface area contributed by atoms with E-state index in [4.69, 9.17) is 8.54 Å². The largest absolute Gasteiger partial charge is 0.439 e. The molecule has 104 valence electrons. The molecule has 0 aromatic rings. The first-order valence-corrected chi connectivity index (χ1v) is 13.4. The van der Waals surface area contributed by atoms with Gasteiger partial charge in [0.05, 0.1) is 6.10 Å². The third-order valence-corrected chi connectivity index (χ3v) is 10.1. The van der Waals surface area contributed by atoms with Crippen molar-refractivity contribution < 1.29 is 8.54 Å². The average Bonchev–Trinajstić information content (AvgIpc) is 2.20. The highest BCUT2D eigenvalue weighted by Gasteiger charge is 2.50. The lowest BCUT2D eigenvalue weighted by molar-refractivity contribution is -0.0885. The maximum atomic E-state index is 6.58. The van der Waals surface area contributed by atoms with Crippen LogP contribution in [0.5, 0.6) is 0 Å². The van der Waals surface area contributed by atoms with E-state index >= 15 is 0 Å². The summed E-state index contributed by atoms with van der Waals surface area (Å²) in [6.07, 6.45) is 7.85. The van der Waals surface area contributed by atoms with Gasteiger partial charge in [-0.15, -0.1) is 0 Å². The first-order chi connectivity index (χ1) is 8.43. The van der Waals surface area contributed by atoms with Crippen molar-refractivity contribution in [3.63, 3.8) is 0 Å². The second-order valence-corrected chi connectivity index (χ2v) is 13.7. The Morgan fingerprint density at radius 2 is 1.39 bits per heavy atom. The minimum Gasteiger partial charge on any atom is -0.439 e. The summed E-state index contributed by atoms with van der Waals surface area (Å²) in [5, 5.41) is 0. The van der Waals surface area contributed by atoms with Crippen molar-refractivity contribution in [3.05, 3.63) is 0 Å². The zero-order valence-electron chi connectivity index (χ0n) is 12.3. The molecule has 0 aliphatic heterocycles. The summed E-state index contributed by atoms with van der Waals surface area (Å²) in [4.78, 5) is 0. The summed E-state index contributed by atoms with van der Waals surface area (Å²) >= 11 is 0. The molecule has 0 unspecified atom stereocenters. The van der Waals surface area contributed by atoms with Gasteiger partial charge in [-0.2, -0.15) is 0 Å². The van der Waals surface area contributed by atoms with Crippen LogP contribution in [0.1, 0.15) is 32.1 Å². The fourth-order valence-electron chi connectivity index (χ4n) is 4.99. The predicted molar refractivity (Wildman–Crippen MR) is 79.4 cm³/mol. The Morgan fingerprint density at radius 1 is 0.889 bits per heavy atom. The minimum atomic E-state index is -1.87. The lowest BCUT2D eigenvalue weighted by atomic mass is 9.55. The molecular weight excluding hydrogens is 256 g/mol. The molecular formula is C14H28O2Si2. The van der Waals surface area contributed by atoms with Gasteiger partial charge in [-0.3, -0.25) is 0 Å². The van der Waals surface area contributed by atoms with E-state index in [0.29, 0.717) is 6.10 Å². The summed E-state index contributed by atoms with van der Waals surface area (Å²) in [5.74, 6) is 3.81. The Hall–Kier alpha value is 0.354. The van der Waals surface area contributed by atoms with Crippen molar-refractivity contribution in [3.8, 4) is 0 Å². The summed E-state index contributed by atoms with van der Waals surface area (Å²) in [5.41, 5.74) is 0. The summed E-state index contributed by atoms with van der Waals surface area (Å²) in [7, 11) is -2.83.